The van der Waals surface area contributed by atoms with E-state index in [4.69, 9.17) is 0 Å². The van der Waals surface area contributed by atoms with E-state index in [-0.39, 0.29) is 11.4 Å². The third kappa shape index (κ3) is 2.97. The van der Waals surface area contributed by atoms with Crippen LogP contribution in [0.15, 0.2) is 60.7 Å². The van der Waals surface area contributed by atoms with Gasteiger partial charge in [-0.15, -0.1) is 0 Å². The molecule has 0 aliphatic heterocycles. The predicted molar refractivity (Wildman–Crippen MR) is 110 cm³/mol. The van der Waals surface area contributed by atoms with E-state index in [9.17, 15) is 14.3 Å². The summed E-state index contributed by atoms with van der Waals surface area (Å²) in [5.41, 5.74) is 7.48. The maximum Gasteiger partial charge on any atom is 0.335 e. The Morgan fingerprint density at radius 1 is 0.893 bits per heavy atom. The smallest absolute Gasteiger partial charge is 0.335 e. The highest BCUT2D eigenvalue weighted by Crippen LogP contribution is 2.36. The Morgan fingerprint density at radius 3 is 2.14 bits per heavy atom. The molecule has 4 aromatic rings. The lowest BCUT2D eigenvalue weighted by molar-refractivity contribution is 0.0697. The average Bonchev–Trinajstić information content (AvgIpc) is 2.99. The van der Waals surface area contributed by atoms with Crippen LogP contribution in [0.1, 0.15) is 27.0 Å². The van der Waals surface area contributed by atoms with Crippen molar-refractivity contribution in [2.24, 2.45) is 0 Å². The van der Waals surface area contributed by atoms with E-state index in [1.54, 1.807) is 24.3 Å². The van der Waals surface area contributed by atoms with Crippen molar-refractivity contribution in [3.05, 3.63) is 88.7 Å². The Labute approximate surface area is 162 Å². The van der Waals surface area contributed by atoms with Crippen LogP contribution < -0.4 is 0 Å². The zero-order chi connectivity index (χ0) is 20.0. The Balaban J connectivity index is 2.08. The number of nitrogens with zero attached hydrogens (tertiary/aromatic N) is 1. The molecule has 3 aromatic carbocycles. The predicted octanol–water partition coefficient (Wildman–Crippen LogP) is 6.06. The van der Waals surface area contributed by atoms with Crippen LogP contribution in [0.4, 0.5) is 4.39 Å². The summed E-state index contributed by atoms with van der Waals surface area (Å²) in [5, 5.41) is 10.2. The molecular formula is C24H20FNO2. The van der Waals surface area contributed by atoms with Gasteiger partial charge in [-0.1, -0.05) is 17.7 Å². The molecule has 0 saturated carbocycles. The van der Waals surface area contributed by atoms with E-state index < -0.39 is 5.97 Å². The van der Waals surface area contributed by atoms with Crippen molar-refractivity contribution in [2.45, 2.75) is 20.8 Å². The molecule has 4 heteroatoms. The summed E-state index contributed by atoms with van der Waals surface area (Å²) >= 11 is 0. The van der Waals surface area contributed by atoms with Crippen LogP contribution in [-0.2, 0) is 0 Å². The van der Waals surface area contributed by atoms with Gasteiger partial charge in [0.05, 0.1) is 16.8 Å². The Hall–Kier alpha value is -3.40. The molecule has 0 aliphatic rings. The van der Waals surface area contributed by atoms with Gasteiger partial charge in [0.1, 0.15) is 5.82 Å². The van der Waals surface area contributed by atoms with Gasteiger partial charge in [-0.2, -0.15) is 0 Å². The van der Waals surface area contributed by atoms with E-state index in [1.807, 2.05) is 12.1 Å². The van der Waals surface area contributed by atoms with Gasteiger partial charge in [0, 0.05) is 16.6 Å². The summed E-state index contributed by atoms with van der Waals surface area (Å²) in [4.78, 5) is 11.4. The largest absolute Gasteiger partial charge is 0.478 e. The minimum atomic E-state index is -0.958. The number of carbonyl (C=O) groups is 1. The normalized spacial score (nSPS) is 11.1. The Bertz CT molecular complexity index is 1200. The number of benzene rings is 3. The second-order valence-corrected chi connectivity index (χ2v) is 7.19. The van der Waals surface area contributed by atoms with Crippen LogP contribution >= 0.6 is 0 Å². The van der Waals surface area contributed by atoms with Gasteiger partial charge < -0.3 is 9.67 Å². The van der Waals surface area contributed by atoms with E-state index in [1.165, 1.54) is 17.7 Å². The van der Waals surface area contributed by atoms with Crippen molar-refractivity contribution in [1.29, 1.82) is 0 Å². The SMILES string of the molecule is Cc1cc(C)c(-c2cc3cc(C(=O)O)ccc3n2-c2ccc(F)cc2)c(C)c1. The maximum absolute atomic E-state index is 13.5. The van der Waals surface area contributed by atoms with Crippen LogP contribution in [0, 0.1) is 26.6 Å². The summed E-state index contributed by atoms with van der Waals surface area (Å²) in [6.45, 7) is 6.22. The second kappa shape index (κ2) is 6.64. The summed E-state index contributed by atoms with van der Waals surface area (Å²) in [6, 6.07) is 17.7. The second-order valence-electron chi connectivity index (χ2n) is 7.19. The highest BCUT2D eigenvalue weighted by molar-refractivity contribution is 5.97. The fourth-order valence-corrected chi connectivity index (χ4v) is 3.98. The molecule has 0 bridgehead atoms. The first-order valence-corrected chi connectivity index (χ1v) is 9.08. The number of aromatic carboxylic acids is 1. The van der Waals surface area contributed by atoms with Crippen LogP contribution in [0.25, 0.3) is 27.8 Å². The number of aryl methyl sites for hydroxylation is 3. The van der Waals surface area contributed by atoms with Crippen molar-refractivity contribution in [1.82, 2.24) is 4.57 Å². The van der Waals surface area contributed by atoms with Crippen molar-refractivity contribution >= 4 is 16.9 Å². The molecule has 3 nitrogen and oxygen atoms in total. The summed E-state index contributed by atoms with van der Waals surface area (Å²) in [6.07, 6.45) is 0. The summed E-state index contributed by atoms with van der Waals surface area (Å²) in [5.74, 6) is -1.25. The zero-order valence-electron chi connectivity index (χ0n) is 16.0. The average molecular weight is 373 g/mol. The molecule has 0 fully saturated rings. The Morgan fingerprint density at radius 2 is 1.54 bits per heavy atom. The van der Waals surface area contributed by atoms with Gasteiger partial charge in [-0.3, -0.25) is 0 Å². The highest BCUT2D eigenvalue weighted by Gasteiger charge is 2.17. The molecule has 1 N–H and O–H groups in total. The number of aromatic nitrogens is 1. The standard InChI is InChI=1S/C24H20FNO2/c1-14-10-15(2)23(16(3)11-14)22-13-18-12-17(24(27)28)4-9-21(18)26(22)20-7-5-19(25)6-8-20/h4-13H,1-3H3,(H,27,28). The number of carboxylic acid groups (broad SMARTS) is 1. The zero-order valence-corrected chi connectivity index (χ0v) is 16.0. The fourth-order valence-electron chi connectivity index (χ4n) is 3.98. The van der Waals surface area contributed by atoms with Gasteiger partial charge >= 0.3 is 5.97 Å². The van der Waals surface area contributed by atoms with Crippen LogP contribution in [-0.4, -0.2) is 15.6 Å². The third-order valence-corrected chi connectivity index (χ3v) is 5.07. The topological polar surface area (TPSA) is 42.2 Å². The molecule has 0 aliphatic carbocycles. The third-order valence-electron chi connectivity index (χ3n) is 5.07. The molecule has 28 heavy (non-hydrogen) atoms. The first-order chi connectivity index (χ1) is 13.3. The maximum atomic E-state index is 13.5. The lowest BCUT2D eigenvalue weighted by atomic mass is 9.97. The molecule has 0 spiro atoms. The molecule has 0 unspecified atom stereocenters. The highest BCUT2D eigenvalue weighted by atomic mass is 19.1. The molecular weight excluding hydrogens is 353 g/mol. The van der Waals surface area contributed by atoms with E-state index in [0.717, 1.165) is 39.0 Å². The first kappa shape index (κ1) is 18.0. The number of carboxylic acids is 1. The number of hydrogen-bond acceptors (Lipinski definition) is 1. The van der Waals surface area contributed by atoms with E-state index >= 15 is 0 Å². The van der Waals surface area contributed by atoms with Crippen molar-refractivity contribution in [3.8, 4) is 16.9 Å². The fraction of sp³-hybridized carbons (Fsp3) is 0.125. The molecule has 1 aromatic heterocycles. The quantitative estimate of drug-likeness (QED) is 0.474. The minimum Gasteiger partial charge on any atom is -0.478 e. The van der Waals surface area contributed by atoms with Crippen molar-refractivity contribution < 1.29 is 14.3 Å². The van der Waals surface area contributed by atoms with Crippen molar-refractivity contribution in [2.75, 3.05) is 0 Å². The molecule has 0 radical (unpaired) electrons. The number of fused-ring (bicyclic) bond motifs is 1. The van der Waals surface area contributed by atoms with Crippen molar-refractivity contribution in [3.63, 3.8) is 0 Å². The molecule has 0 amide bonds. The van der Waals surface area contributed by atoms with Gasteiger partial charge in [0.2, 0.25) is 0 Å². The monoisotopic (exact) mass is 373 g/mol. The van der Waals surface area contributed by atoms with E-state index in [2.05, 4.69) is 37.5 Å². The molecule has 0 atom stereocenters. The summed E-state index contributed by atoms with van der Waals surface area (Å²) in [7, 11) is 0. The van der Waals surface area contributed by atoms with Gasteiger partial charge in [-0.25, -0.2) is 9.18 Å². The molecule has 4 rings (SSSR count). The van der Waals surface area contributed by atoms with E-state index in [0.29, 0.717) is 0 Å². The minimum absolute atomic E-state index is 0.243. The van der Waals surface area contributed by atoms with Crippen LogP contribution in [0.5, 0.6) is 0 Å². The van der Waals surface area contributed by atoms with Gasteiger partial charge in [-0.05, 0) is 80.4 Å². The van der Waals surface area contributed by atoms with Crippen LogP contribution in [0.3, 0.4) is 0 Å². The lowest BCUT2D eigenvalue weighted by Gasteiger charge is -2.16. The molecule has 140 valence electrons. The first-order valence-electron chi connectivity index (χ1n) is 9.08. The number of halogens is 1. The Kier molecular flexibility index (Phi) is 4.27. The molecule has 0 saturated heterocycles. The lowest BCUT2D eigenvalue weighted by Crippen LogP contribution is -2.00. The molecule has 1 heterocycles. The van der Waals surface area contributed by atoms with Gasteiger partial charge in [0.25, 0.3) is 0 Å². The number of rotatable bonds is 3. The summed E-state index contributed by atoms with van der Waals surface area (Å²) < 4.78 is 15.6. The number of hydrogen-bond donors (Lipinski definition) is 1. The van der Waals surface area contributed by atoms with Crippen LogP contribution in [0.2, 0.25) is 0 Å². The van der Waals surface area contributed by atoms with Gasteiger partial charge in [0.15, 0.2) is 0 Å².